The van der Waals surface area contributed by atoms with Crippen LogP contribution in [0.3, 0.4) is 0 Å². The normalized spacial score (nSPS) is 23.3. The van der Waals surface area contributed by atoms with Gasteiger partial charge in [0.25, 0.3) is 0 Å². The summed E-state index contributed by atoms with van der Waals surface area (Å²) in [6.07, 6.45) is 4.92. The Morgan fingerprint density at radius 1 is 1.32 bits per heavy atom. The Kier molecular flexibility index (Phi) is 4.09. The van der Waals surface area contributed by atoms with Crippen molar-refractivity contribution in [3.05, 3.63) is 24.3 Å². The topological polar surface area (TPSA) is 32.3 Å². The maximum Gasteiger partial charge on any atom is 0.237 e. The molecule has 1 atom stereocenters. The molecule has 1 N–H and O–H groups in total. The Morgan fingerprint density at radius 2 is 2.21 bits per heavy atom. The standard InChI is InChI=1S/C15H20N2OS/c18-15-11-19-14-7-2-1-6-13(14)17(15)10-8-12-5-3-4-9-16-12/h1-2,6-7,12,16H,3-5,8-11H2. The highest BCUT2D eigenvalue weighted by Crippen LogP contribution is 2.35. The van der Waals surface area contributed by atoms with Crippen LogP contribution in [-0.4, -0.2) is 30.8 Å². The number of rotatable bonds is 3. The fourth-order valence-corrected chi connectivity index (χ4v) is 3.79. The summed E-state index contributed by atoms with van der Waals surface area (Å²) in [5, 5.41) is 3.55. The predicted octanol–water partition coefficient (Wildman–Crippen LogP) is 2.66. The quantitative estimate of drug-likeness (QED) is 0.921. The second-order valence-corrected chi connectivity index (χ2v) is 6.25. The van der Waals surface area contributed by atoms with Crippen molar-refractivity contribution < 1.29 is 4.79 Å². The number of thioether (sulfide) groups is 1. The first kappa shape index (κ1) is 13.0. The van der Waals surface area contributed by atoms with Crippen molar-refractivity contribution in [2.45, 2.75) is 36.6 Å². The Labute approximate surface area is 118 Å². The molecule has 2 aliphatic rings. The van der Waals surface area contributed by atoms with E-state index in [2.05, 4.69) is 17.4 Å². The molecule has 0 radical (unpaired) electrons. The summed E-state index contributed by atoms with van der Waals surface area (Å²) in [6, 6.07) is 8.82. The lowest BCUT2D eigenvalue weighted by molar-refractivity contribution is -0.116. The molecule has 0 bridgehead atoms. The number of carbonyl (C=O) groups is 1. The van der Waals surface area contributed by atoms with Gasteiger partial charge in [0.05, 0.1) is 11.4 Å². The number of hydrogen-bond donors (Lipinski definition) is 1. The third kappa shape index (κ3) is 2.95. The minimum atomic E-state index is 0.250. The number of nitrogens with one attached hydrogen (secondary N) is 1. The number of amides is 1. The van der Waals surface area contributed by atoms with E-state index in [1.165, 1.54) is 24.2 Å². The first-order chi connectivity index (χ1) is 9.34. The lowest BCUT2D eigenvalue weighted by Crippen LogP contribution is -2.41. The van der Waals surface area contributed by atoms with Gasteiger partial charge in [-0.25, -0.2) is 0 Å². The monoisotopic (exact) mass is 276 g/mol. The van der Waals surface area contributed by atoms with Crippen molar-refractivity contribution in [1.29, 1.82) is 0 Å². The Morgan fingerprint density at radius 3 is 3.05 bits per heavy atom. The van der Waals surface area contributed by atoms with E-state index in [9.17, 15) is 4.79 Å². The first-order valence-electron chi connectivity index (χ1n) is 7.10. The van der Waals surface area contributed by atoms with E-state index in [0.29, 0.717) is 11.8 Å². The molecule has 102 valence electrons. The summed E-state index contributed by atoms with van der Waals surface area (Å²) in [5.41, 5.74) is 1.10. The second kappa shape index (κ2) is 5.97. The van der Waals surface area contributed by atoms with Crippen LogP contribution in [-0.2, 0) is 4.79 Å². The smallest absolute Gasteiger partial charge is 0.237 e. The molecule has 2 heterocycles. The second-order valence-electron chi connectivity index (χ2n) is 5.24. The number of piperidine rings is 1. The Hall–Kier alpha value is -1.00. The fourth-order valence-electron chi connectivity index (χ4n) is 2.85. The molecule has 1 fully saturated rings. The maximum absolute atomic E-state index is 12.1. The molecule has 3 rings (SSSR count). The molecule has 19 heavy (non-hydrogen) atoms. The highest BCUT2D eigenvalue weighted by atomic mass is 32.2. The van der Waals surface area contributed by atoms with Crippen molar-refractivity contribution in [3.63, 3.8) is 0 Å². The van der Waals surface area contributed by atoms with E-state index in [1.807, 2.05) is 17.0 Å². The molecule has 0 aromatic heterocycles. The third-order valence-electron chi connectivity index (χ3n) is 3.92. The first-order valence-corrected chi connectivity index (χ1v) is 8.09. The van der Waals surface area contributed by atoms with Crippen molar-refractivity contribution in [2.24, 2.45) is 0 Å². The van der Waals surface area contributed by atoms with Crippen LogP contribution in [0.5, 0.6) is 0 Å². The highest BCUT2D eigenvalue weighted by Gasteiger charge is 2.25. The minimum absolute atomic E-state index is 0.250. The molecular formula is C15H20N2OS. The van der Waals surface area contributed by atoms with Crippen LogP contribution in [0.1, 0.15) is 25.7 Å². The van der Waals surface area contributed by atoms with E-state index in [-0.39, 0.29) is 5.91 Å². The number of nitrogens with zero attached hydrogens (tertiary/aromatic N) is 1. The zero-order valence-corrected chi connectivity index (χ0v) is 11.9. The van der Waals surface area contributed by atoms with Gasteiger partial charge in [-0.15, -0.1) is 11.8 Å². The highest BCUT2D eigenvalue weighted by molar-refractivity contribution is 8.00. The van der Waals surface area contributed by atoms with E-state index < -0.39 is 0 Å². The number of fused-ring (bicyclic) bond motifs is 1. The predicted molar refractivity (Wildman–Crippen MR) is 79.8 cm³/mol. The summed E-state index contributed by atoms with van der Waals surface area (Å²) in [4.78, 5) is 15.3. The van der Waals surface area contributed by atoms with Gasteiger partial charge in [-0.1, -0.05) is 18.6 Å². The van der Waals surface area contributed by atoms with Crippen molar-refractivity contribution in [1.82, 2.24) is 5.32 Å². The molecule has 1 aromatic rings. The lowest BCUT2D eigenvalue weighted by Gasteiger charge is -2.31. The van der Waals surface area contributed by atoms with Gasteiger partial charge >= 0.3 is 0 Å². The van der Waals surface area contributed by atoms with E-state index >= 15 is 0 Å². The van der Waals surface area contributed by atoms with Crippen LogP contribution < -0.4 is 10.2 Å². The average molecular weight is 276 g/mol. The zero-order valence-electron chi connectivity index (χ0n) is 11.1. The molecule has 0 aliphatic carbocycles. The molecule has 3 nitrogen and oxygen atoms in total. The van der Waals surface area contributed by atoms with Crippen molar-refractivity contribution in [3.8, 4) is 0 Å². The van der Waals surface area contributed by atoms with Gasteiger partial charge in [-0.05, 0) is 37.9 Å². The number of benzene rings is 1. The van der Waals surface area contributed by atoms with Crippen LogP contribution in [0.4, 0.5) is 5.69 Å². The molecule has 1 aromatic carbocycles. The maximum atomic E-state index is 12.1. The molecule has 0 spiro atoms. The SMILES string of the molecule is O=C1CSc2ccccc2N1CCC1CCCCN1. The third-order valence-corrected chi connectivity index (χ3v) is 4.97. The van der Waals surface area contributed by atoms with Gasteiger partial charge < -0.3 is 10.2 Å². The summed E-state index contributed by atoms with van der Waals surface area (Å²) in [6.45, 7) is 1.97. The van der Waals surface area contributed by atoms with Gasteiger partial charge in [-0.2, -0.15) is 0 Å². The largest absolute Gasteiger partial charge is 0.314 e. The molecule has 0 saturated carbocycles. The van der Waals surface area contributed by atoms with Gasteiger partial charge in [0.2, 0.25) is 5.91 Å². The number of carbonyl (C=O) groups excluding carboxylic acids is 1. The molecular weight excluding hydrogens is 256 g/mol. The Balaban J connectivity index is 1.67. The molecule has 1 saturated heterocycles. The summed E-state index contributed by atoms with van der Waals surface area (Å²) < 4.78 is 0. The molecule has 2 aliphatic heterocycles. The van der Waals surface area contributed by atoms with Crippen LogP contribution in [0.25, 0.3) is 0 Å². The van der Waals surface area contributed by atoms with Crippen molar-refractivity contribution in [2.75, 3.05) is 23.7 Å². The van der Waals surface area contributed by atoms with Crippen molar-refractivity contribution >= 4 is 23.4 Å². The Bertz CT molecular complexity index is 457. The van der Waals surface area contributed by atoms with E-state index in [0.717, 1.165) is 25.2 Å². The minimum Gasteiger partial charge on any atom is -0.314 e. The lowest BCUT2D eigenvalue weighted by atomic mass is 10.0. The molecule has 1 unspecified atom stereocenters. The van der Waals surface area contributed by atoms with Crippen LogP contribution in [0.2, 0.25) is 0 Å². The van der Waals surface area contributed by atoms with Gasteiger partial charge in [0.15, 0.2) is 0 Å². The molecule has 4 heteroatoms. The van der Waals surface area contributed by atoms with Gasteiger partial charge in [0.1, 0.15) is 0 Å². The zero-order chi connectivity index (χ0) is 13.1. The van der Waals surface area contributed by atoms with Gasteiger partial charge in [-0.3, -0.25) is 4.79 Å². The van der Waals surface area contributed by atoms with E-state index in [1.54, 1.807) is 11.8 Å². The number of anilines is 1. The van der Waals surface area contributed by atoms with Crippen LogP contribution in [0, 0.1) is 0 Å². The number of hydrogen-bond acceptors (Lipinski definition) is 3. The average Bonchev–Trinajstić information content (AvgIpc) is 2.47. The fraction of sp³-hybridized carbons (Fsp3) is 0.533. The summed E-state index contributed by atoms with van der Waals surface area (Å²) >= 11 is 1.66. The van der Waals surface area contributed by atoms with Gasteiger partial charge in [0, 0.05) is 17.5 Å². The van der Waals surface area contributed by atoms with Crippen LogP contribution in [0.15, 0.2) is 29.2 Å². The number of para-hydroxylation sites is 1. The molecule has 1 amide bonds. The van der Waals surface area contributed by atoms with Crippen LogP contribution >= 0.6 is 11.8 Å². The summed E-state index contributed by atoms with van der Waals surface area (Å²) in [5.74, 6) is 0.828. The summed E-state index contributed by atoms with van der Waals surface area (Å²) in [7, 11) is 0. The van der Waals surface area contributed by atoms with E-state index in [4.69, 9.17) is 0 Å².